The number of nitrogens with one attached hydrogen (secondary N) is 2. The zero-order chi connectivity index (χ0) is 20.5. The van der Waals surface area contributed by atoms with Gasteiger partial charge in [-0.2, -0.15) is 0 Å². The molecule has 0 saturated carbocycles. The van der Waals surface area contributed by atoms with Crippen LogP contribution in [0.25, 0.3) is 0 Å². The summed E-state index contributed by atoms with van der Waals surface area (Å²) in [6.45, 7) is -0.704. The maximum Gasteiger partial charge on any atom is 0.339 e. The van der Waals surface area contributed by atoms with Crippen molar-refractivity contribution >= 4 is 29.6 Å². The number of carbonyl (C=O) groups excluding carboxylic acids is 4. The Hall–Kier alpha value is -3.88. The average Bonchev–Trinajstić information content (AvgIpc) is 2.71. The molecule has 9 nitrogen and oxygen atoms in total. The highest BCUT2D eigenvalue weighted by Crippen LogP contribution is 2.15. The average molecular weight is 386 g/mol. The Morgan fingerprint density at radius 1 is 0.857 bits per heavy atom. The minimum absolute atomic E-state index is 0.00709. The Bertz CT molecular complexity index is 878. The first-order valence-electron chi connectivity index (χ1n) is 8.04. The summed E-state index contributed by atoms with van der Waals surface area (Å²) in [4.78, 5) is 47.4. The molecule has 0 unspecified atom stereocenters. The predicted octanol–water partition coefficient (Wildman–Crippen LogP) is 1.99. The zero-order valence-electron chi connectivity index (χ0n) is 15.2. The fraction of sp³-hybridized carbons (Fsp3) is 0.158. The van der Waals surface area contributed by atoms with Gasteiger partial charge in [0.15, 0.2) is 6.61 Å². The van der Waals surface area contributed by atoms with Gasteiger partial charge in [-0.3, -0.25) is 10.1 Å². The maximum atomic E-state index is 12.1. The van der Waals surface area contributed by atoms with Crippen LogP contribution in [0.3, 0.4) is 0 Å². The second-order valence-corrected chi connectivity index (χ2v) is 5.34. The van der Waals surface area contributed by atoms with Crippen LogP contribution in [0.2, 0.25) is 0 Å². The van der Waals surface area contributed by atoms with Crippen molar-refractivity contribution in [2.75, 3.05) is 26.1 Å². The number of amides is 3. The fourth-order valence-corrected chi connectivity index (χ4v) is 2.16. The van der Waals surface area contributed by atoms with Crippen LogP contribution in [0.1, 0.15) is 20.7 Å². The molecule has 0 saturated heterocycles. The van der Waals surface area contributed by atoms with Crippen LogP contribution < -0.4 is 15.4 Å². The molecule has 0 bridgehead atoms. The van der Waals surface area contributed by atoms with Gasteiger partial charge in [-0.05, 0) is 36.4 Å². The van der Waals surface area contributed by atoms with Crippen molar-refractivity contribution in [2.24, 2.45) is 0 Å². The number of methoxy groups -OCH3 is 2. The molecule has 0 heterocycles. The number of hydrogen-bond acceptors (Lipinski definition) is 7. The summed E-state index contributed by atoms with van der Waals surface area (Å²) >= 11 is 0. The number of benzene rings is 2. The molecule has 2 rings (SSSR count). The van der Waals surface area contributed by atoms with E-state index in [1.165, 1.54) is 32.4 Å². The molecule has 0 aromatic heterocycles. The number of ether oxygens (including phenoxy) is 3. The van der Waals surface area contributed by atoms with Crippen LogP contribution in [0.5, 0.6) is 5.75 Å². The first kappa shape index (κ1) is 20.4. The Labute approximate surface area is 160 Å². The summed E-state index contributed by atoms with van der Waals surface area (Å²) in [5, 5.41) is 4.47. The van der Waals surface area contributed by atoms with Gasteiger partial charge in [0.25, 0.3) is 5.91 Å². The Morgan fingerprint density at radius 2 is 1.46 bits per heavy atom. The van der Waals surface area contributed by atoms with Gasteiger partial charge in [-0.25, -0.2) is 14.4 Å². The lowest BCUT2D eigenvalue weighted by molar-refractivity contribution is -0.123. The maximum absolute atomic E-state index is 12.1. The Balaban J connectivity index is 1.87. The van der Waals surface area contributed by atoms with Crippen molar-refractivity contribution in [2.45, 2.75) is 0 Å². The lowest BCUT2D eigenvalue weighted by Gasteiger charge is -2.09. The van der Waals surface area contributed by atoms with Crippen molar-refractivity contribution in [1.82, 2.24) is 5.32 Å². The smallest absolute Gasteiger partial charge is 0.339 e. The third-order valence-electron chi connectivity index (χ3n) is 3.49. The number of urea groups is 1. The van der Waals surface area contributed by atoms with Crippen LogP contribution in [-0.2, 0) is 14.3 Å². The van der Waals surface area contributed by atoms with E-state index < -0.39 is 30.5 Å². The molecule has 0 fully saturated rings. The van der Waals surface area contributed by atoms with Crippen molar-refractivity contribution in [3.05, 3.63) is 59.7 Å². The van der Waals surface area contributed by atoms with Gasteiger partial charge in [0.05, 0.1) is 25.3 Å². The van der Waals surface area contributed by atoms with E-state index in [0.717, 1.165) is 0 Å². The molecule has 2 aromatic carbocycles. The molecule has 146 valence electrons. The molecule has 0 aliphatic carbocycles. The highest BCUT2D eigenvalue weighted by atomic mass is 16.5. The van der Waals surface area contributed by atoms with E-state index in [4.69, 9.17) is 9.47 Å². The summed E-state index contributed by atoms with van der Waals surface area (Å²) in [7, 11) is 2.69. The van der Waals surface area contributed by atoms with Gasteiger partial charge < -0.3 is 19.5 Å². The van der Waals surface area contributed by atoms with E-state index in [2.05, 4.69) is 10.1 Å². The van der Waals surface area contributed by atoms with Gasteiger partial charge in [-0.1, -0.05) is 12.1 Å². The molecule has 9 heteroatoms. The fourth-order valence-electron chi connectivity index (χ4n) is 2.16. The van der Waals surface area contributed by atoms with E-state index in [0.29, 0.717) is 11.4 Å². The number of imide groups is 1. The zero-order valence-corrected chi connectivity index (χ0v) is 15.2. The Kier molecular flexibility index (Phi) is 7.09. The molecule has 2 aromatic rings. The molecule has 28 heavy (non-hydrogen) atoms. The summed E-state index contributed by atoms with van der Waals surface area (Å²) in [6, 6.07) is 11.5. The third kappa shape index (κ3) is 5.56. The first-order chi connectivity index (χ1) is 13.4. The summed E-state index contributed by atoms with van der Waals surface area (Å²) in [5.74, 6) is -1.83. The van der Waals surface area contributed by atoms with Crippen LogP contribution in [0, 0.1) is 0 Å². The van der Waals surface area contributed by atoms with Crippen molar-refractivity contribution in [3.63, 3.8) is 0 Å². The minimum Gasteiger partial charge on any atom is -0.497 e. The quantitative estimate of drug-likeness (QED) is 0.729. The van der Waals surface area contributed by atoms with Crippen LogP contribution in [0.15, 0.2) is 48.5 Å². The third-order valence-corrected chi connectivity index (χ3v) is 3.49. The van der Waals surface area contributed by atoms with Crippen molar-refractivity contribution in [1.29, 1.82) is 0 Å². The van der Waals surface area contributed by atoms with Crippen LogP contribution in [0.4, 0.5) is 10.5 Å². The standard InChI is InChI=1S/C19H18N2O7/c1-26-13-9-7-12(8-10-13)20-19(25)21-16(22)11-28-18(24)15-6-4-3-5-14(15)17(23)27-2/h3-10H,11H2,1-2H3,(H2,20,21,22,25). The van der Waals surface area contributed by atoms with Gasteiger partial charge in [0.2, 0.25) is 0 Å². The van der Waals surface area contributed by atoms with E-state index in [-0.39, 0.29) is 11.1 Å². The lowest BCUT2D eigenvalue weighted by Crippen LogP contribution is -2.37. The molecule has 2 N–H and O–H groups in total. The number of rotatable bonds is 6. The van der Waals surface area contributed by atoms with Gasteiger partial charge in [0.1, 0.15) is 5.75 Å². The number of anilines is 1. The van der Waals surface area contributed by atoms with E-state index in [1.54, 1.807) is 30.3 Å². The van der Waals surface area contributed by atoms with Crippen LogP contribution in [-0.4, -0.2) is 44.7 Å². The summed E-state index contributed by atoms with van der Waals surface area (Å²) in [5.41, 5.74) is 0.396. The second-order valence-electron chi connectivity index (χ2n) is 5.34. The molecule has 0 atom stereocenters. The van der Waals surface area contributed by atoms with E-state index in [1.807, 2.05) is 5.32 Å². The monoisotopic (exact) mass is 386 g/mol. The minimum atomic E-state index is -0.897. The predicted molar refractivity (Wildman–Crippen MR) is 98.2 cm³/mol. The molecule has 0 spiro atoms. The number of hydrogen-bond donors (Lipinski definition) is 2. The molecule has 0 aliphatic rings. The summed E-state index contributed by atoms with van der Waals surface area (Å²) in [6.07, 6.45) is 0. The van der Waals surface area contributed by atoms with Gasteiger partial charge in [-0.15, -0.1) is 0 Å². The molecular weight excluding hydrogens is 368 g/mol. The normalized spacial score (nSPS) is 9.79. The molecule has 0 radical (unpaired) electrons. The lowest BCUT2D eigenvalue weighted by atomic mass is 10.1. The van der Waals surface area contributed by atoms with Crippen molar-refractivity contribution < 1.29 is 33.4 Å². The molecule has 3 amide bonds. The van der Waals surface area contributed by atoms with E-state index in [9.17, 15) is 19.2 Å². The first-order valence-corrected chi connectivity index (χ1v) is 8.04. The van der Waals surface area contributed by atoms with Crippen molar-refractivity contribution in [3.8, 4) is 5.75 Å². The van der Waals surface area contributed by atoms with Gasteiger partial charge in [0, 0.05) is 5.69 Å². The second kappa shape index (κ2) is 9.72. The molecule has 0 aliphatic heterocycles. The number of carbonyl (C=O) groups is 4. The Morgan fingerprint density at radius 3 is 2.04 bits per heavy atom. The van der Waals surface area contributed by atoms with Crippen LogP contribution >= 0.6 is 0 Å². The largest absolute Gasteiger partial charge is 0.497 e. The SMILES string of the molecule is COC(=O)c1ccccc1C(=O)OCC(=O)NC(=O)Nc1ccc(OC)cc1. The summed E-state index contributed by atoms with van der Waals surface area (Å²) < 4.78 is 14.4. The highest BCUT2D eigenvalue weighted by Gasteiger charge is 2.19. The number of esters is 2. The highest BCUT2D eigenvalue weighted by molar-refractivity contribution is 6.05. The van der Waals surface area contributed by atoms with Gasteiger partial charge >= 0.3 is 18.0 Å². The van der Waals surface area contributed by atoms with E-state index >= 15 is 0 Å². The molecular formula is C19H18N2O7. The topological polar surface area (TPSA) is 120 Å².